The number of aliphatic hydroxyl groups excluding tert-OH is 1. The highest BCUT2D eigenvalue weighted by Crippen LogP contribution is 2.44. The van der Waals surface area contributed by atoms with Gasteiger partial charge in [0.05, 0.1) is 20.8 Å². The summed E-state index contributed by atoms with van der Waals surface area (Å²) in [6.07, 6.45) is 0.782. The van der Waals surface area contributed by atoms with Gasteiger partial charge in [0, 0.05) is 35.2 Å². The number of likely N-dealkylation sites (tertiary alicyclic amines) is 1. The molecule has 2 heterocycles. The van der Waals surface area contributed by atoms with Gasteiger partial charge >= 0.3 is 0 Å². The second-order valence-electron chi connectivity index (χ2n) is 7.51. The van der Waals surface area contributed by atoms with Crippen molar-refractivity contribution < 1.29 is 23.4 Å². The van der Waals surface area contributed by atoms with Crippen LogP contribution >= 0.6 is 0 Å². The standard InChI is InChI=1S/C23H24FNO5/c1-25-9-8-15(16(25)12-26)21-19(28-2)11-20(29-3)22-17(27)10-18(30-23(21)22)13-4-6-14(24)7-5-13/h4-7,10-11,15-16,26H,8-9,12H2,1-3H3/t15-,16+/m0/s1. The zero-order valence-electron chi connectivity index (χ0n) is 17.1. The van der Waals surface area contributed by atoms with Gasteiger partial charge in [-0.1, -0.05) is 0 Å². The number of hydrogen-bond donors (Lipinski definition) is 1. The second-order valence-corrected chi connectivity index (χ2v) is 7.51. The van der Waals surface area contributed by atoms with Gasteiger partial charge in [-0.15, -0.1) is 0 Å². The Hall–Kier alpha value is -2.90. The van der Waals surface area contributed by atoms with Gasteiger partial charge in [-0.25, -0.2) is 4.39 Å². The molecule has 0 saturated carbocycles. The number of halogens is 1. The number of rotatable bonds is 5. The zero-order chi connectivity index (χ0) is 21.4. The van der Waals surface area contributed by atoms with E-state index in [1.165, 1.54) is 25.3 Å². The van der Waals surface area contributed by atoms with Crippen LogP contribution in [-0.2, 0) is 0 Å². The van der Waals surface area contributed by atoms with Crippen molar-refractivity contribution in [2.45, 2.75) is 18.4 Å². The van der Waals surface area contributed by atoms with Gasteiger partial charge in [-0.2, -0.15) is 0 Å². The molecule has 6 nitrogen and oxygen atoms in total. The van der Waals surface area contributed by atoms with E-state index in [0.29, 0.717) is 33.8 Å². The molecule has 30 heavy (non-hydrogen) atoms. The lowest BCUT2D eigenvalue weighted by Crippen LogP contribution is -2.32. The third-order valence-electron chi connectivity index (χ3n) is 5.92. The van der Waals surface area contributed by atoms with Crippen LogP contribution in [0.3, 0.4) is 0 Å². The monoisotopic (exact) mass is 413 g/mol. The fourth-order valence-corrected chi connectivity index (χ4v) is 4.35. The maximum Gasteiger partial charge on any atom is 0.197 e. The molecule has 2 aromatic carbocycles. The number of hydrogen-bond acceptors (Lipinski definition) is 6. The van der Waals surface area contributed by atoms with Crippen molar-refractivity contribution in [3.63, 3.8) is 0 Å². The Morgan fingerprint density at radius 2 is 1.87 bits per heavy atom. The number of likely N-dealkylation sites (N-methyl/N-ethyl adjacent to an activating group) is 1. The van der Waals surface area contributed by atoms with E-state index in [2.05, 4.69) is 4.90 Å². The Morgan fingerprint density at radius 1 is 1.17 bits per heavy atom. The molecule has 1 saturated heterocycles. The Kier molecular flexibility index (Phi) is 5.49. The van der Waals surface area contributed by atoms with Gasteiger partial charge < -0.3 is 23.9 Å². The Morgan fingerprint density at radius 3 is 2.50 bits per heavy atom. The van der Waals surface area contributed by atoms with Crippen molar-refractivity contribution in [2.75, 3.05) is 34.4 Å². The Labute approximate surface area is 173 Å². The predicted molar refractivity (Wildman–Crippen MR) is 112 cm³/mol. The van der Waals surface area contributed by atoms with Crippen molar-refractivity contribution in [1.82, 2.24) is 4.90 Å². The number of fused-ring (bicyclic) bond motifs is 1. The molecule has 1 aliphatic heterocycles. The van der Waals surface area contributed by atoms with Crippen LogP contribution in [0, 0.1) is 5.82 Å². The summed E-state index contributed by atoms with van der Waals surface area (Å²) in [5, 5.41) is 10.3. The van der Waals surface area contributed by atoms with Gasteiger partial charge in [0.25, 0.3) is 0 Å². The first-order valence-corrected chi connectivity index (χ1v) is 9.78. The third-order valence-corrected chi connectivity index (χ3v) is 5.92. The summed E-state index contributed by atoms with van der Waals surface area (Å²) in [5.74, 6) is 0.769. The second kappa shape index (κ2) is 8.08. The molecule has 0 radical (unpaired) electrons. The van der Waals surface area contributed by atoms with Gasteiger partial charge in [0.1, 0.15) is 34.0 Å². The summed E-state index contributed by atoms with van der Waals surface area (Å²) < 4.78 is 30.7. The van der Waals surface area contributed by atoms with Crippen LogP contribution in [0.15, 0.2) is 45.6 Å². The lowest BCUT2D eigenvalue weighted by Gasteiger charge is -2.25. The van der Waals surface area contributed by atoms with E-state index in [4.69, 9.17) is 13.9 Å². The number of ether oxygens (including phenoxy) is 2. The van der Waals surface area contributed by atoms with E-state index in [9.17, 15) is 14.3 Å². The average Bonchev–Trinajstić information content (AvgIpc) is 3.12. The molecule has 3 aromatic rings. The summed E-state index contributed by atoms with van der Waals surface area (Å²) in [4.78, 5) is 15.2. The Bertz CT molecular complexity index is 1130. The van der Waals surface area contributed by atoms with E-state index in [1.54, 1.807) is 25.3 Å². The first-order valence-electron chi connectivity index (χ1n) is 9.78. The van der Waals surface area contributed by atoms with Gasteiger partial charge in [-0.3, -0.25) is 4.79 Å². The predicted octanol–water partition coefficient (Wildman–Crippen LogP) is 3.40. The molecular weight excluding hydrogens is 389 g/mol. The topological polar surface area (TPSA) is 72.1 Å². The van der Waals surface area contributed by atoms with Crippen LogP contribution in [0.4, 0.5) is 4.39 Å². The molecule has 1 aromatic heterocycles. The van der Waals surface area contributed by atoms with Crippen molar-refractivity contribution in [2.24, 2.45) is 0 Å². The highest BCUT2D eigenvalue weighted by molar-refractivity contribution is 5.90. The fraction of sp³-hybridized carbons (Fsp3) is 0.348. The largest absolute Gasteiger partial charge is 0.496 e. The van der Waals surface area contributed by atoms with Gasteiger partial charge in [-0.05, 0) is 44.3 Å². The van der Waals surface area contributed by atoms with Gasteiger partial charge in [0.2, 0.25) is 0 Å². The molecule has 7 heteroatoms. The van der Waals surface area contributed by atoms with Crippen molar-refractivity contribution >= 4 is 11.0 Å². The molecule has 0 unspecified atom stereocenters. The summed E-state index contributed by atoms with van der Waals surface area (Å²) in [6, 6.07) is 8.72. The molecule has 4 rings (SSSR count). The van der Waals surface area contributed by atoms with Crippen molar-refractivity contribution in [3.05, 3.63) is 58.0 Å². The lowest BCUT2D eigenvalue weighted by atomic mass is 9.89. The van der Waals surface area contributed by atoms with E-state index >= 15 is 0 Å². The molecular formula is C23H24FNO5. The molecule has 1 N–H and O–H groups in total. The van der Waals surface area contributed by atoms with Crippen LogP contribution in [0.25, 0.3) is 22.3 Å². The molecule has 0 bridgehead atoms. The van der Waals surface area contributed by atoms with Crippen LogP contribution in [0.5, 0.6) is 11.5 Å². The molecule has 1 fully saturated rings. The molecule has 1 aliphatic rings. The highest BCUT2D eigenvalue weighted by atomic mass is 19.1. The van der Waals surface area contributed by atoms with Crippen molar-refractivity contribution in [1.29, 1.82) is 0 Å². The van der Waals surface area contributed by atoms with Crippen molar-refractivity contribution in [3.8, 4) is 22.8 Å². The fourth-order valence-electron chi connectivity index (χ4n) is 4.35. The summed E-state index contributed by atoms with van der Waals surface area (Å²) >= 11 is 0. The summed E-state index contributed by atoms with van der Waals surface area (Å²) in [5.41, 5.74) is 1.43. The lowest BCUT2D eigenvalue weighted by molar-refractivity contribution is 0.171. The maximum absolute atomic E-state index is 13.4. The third kappa shape index (κ3) is 3.34. The summed E-state index contributed by atoms with van der Waals surface area (Å²) in [7, 11) is 5.00. The zero-order valence-corrected chi connectivity index (χ0v) is 17.1. The first kappa shape index (κ1) is 20.4. The maximum atomic E-state index is 13.4. The molecule has 158 valence electrons. The number of methoxy groups -OCH3 is 2. The van der Waals surface area contributed by atoms with E-state index in [1.807, 2.05) is 7.05 Å². The highest BCUT2D eigenvalue weighted by Gasteiger charge is 2.37. The summed E-state index contributed by atoms with van der Waals surface area (Å²) in [6.45, 7) is 0.772. The SMILES string of the molecule is COc1cc(OC)c2c(=O)cc(-c3ccc(F)cc3)oc2c1[C@H]1CCN(C)[C@@H]1CO. The minimum absolute atomic E-state index is 0.0280. The molecule has 2 atom stereocenters. The molecule has 0 aliphatic carbocycles. The average molecular weight is 413 g/mol. The number of aliphatic hydroxyl groups is 1. The first-order chi connectivity index (χ1) is 14.5. The van der Waals surface area contributed by atoms with Crippen LogP contribution in [0.1, 0.15) is 17.9 Å². The molecule has 0 amide bonds. The smallest absolute Gasteiger partial charge is 0.197 e. The number of nitrogens with zero attached hydrogens (tertiary/aromatic N) is 1. The Balaban J connectivity index is 2.03. The van der Waals surface area contributed by atoms with Gasteiger partial charge in [0.15, 0.2) is 5.43 Å². The minimum atomic E-state index is -0.370. The van der Waals surface area contributed by atoms with Crippen LogP contribution < -0.4 is 14.9 Å². The van der Waals surface area contributed by atoms with E-state index < -0.39 is 0 Å². The number of benzene rings is 2. The van der Waals surface area contributed by atoms with Crippen LogP contribution in [-0.4, -0.2) is 50.5 Å². The normalized spacial score (nSPS) is 19.4. The van der Waals surface area contributed by atoms with E-state index in [-0.39, 0.29) is 29.8 Å². The van der Waals surface area contributed by atoms with Crippen LogP contribution in [0.2, 0.25) is 0 Å². The van der Waals surface area contributed by atoms with E-state index in [0.717, 1.165) is 18.5 Å². The molecule has 0 spiro atoms. The minimum Gasteiger partial charge on any atom is -0.496 e. The quantitative estimate of drug-likeness (QED) is 0.691.